The standard InChI is InChI=1S/C12H20ClN3/c1-3-4-5-6-16(2)12-7-10(8-14)11(13)9-15-12/h7,9H,3-6,8,14H2,1-2H3. The van der Waals surface area contributed by atoms with Gasteiger partial charge in [-0.3, -0.25) is 0 Å². The predicted molar refractivity (Wildman–Crippen MR) is 69.9 cm³/mol. The van der Waals surface area contributed by atoms with Crippen LogP contribution in [0.5, 0.6) is 0 Å². The number of unbranched alkanes of at least 4 members (excludes halogenated alkanes) is 2. The molecular weight excluding hydrogens is 222 g/mol. The van der Waals surface area contributed by atoms with Gasteiger partial charge in [0.25, 0.3) is 0 Å². The monoisotopic (exact) mass is 241 g/mol. The molecule has 1 heterocycles. The second-order valence-corrected chi connectivity index (χ2v) is 4.37. The van der Waals surface area contributed by atoms with Gasteiger partial charge in [-0.25, -0.2) is 4.98 Å². The molecule has 1 aromatic heterocycles. The van der Waals surface area contributed by atoms with Crippen molar-refractivity contribution in [2.45, 2.75) is 32.7 Å². The van der Waals surface area contributed by atoms with Crippen molar-refractivity contribution in [2.24, 2.45) is 5.73 Å². The van der Waals surface area contributed by atoms with E-state index in [0.29, 0.717) is 11.6 Å². The van der Waals surface area contributed by atoms with Crippen molar-refractivity contribution >= 4 is 17.4 Å². The van der Waals surface area contributed by atoms with Crippen LogP contribution < -0.4 is 10.6 Å². The lowest BCUT2D eigenvalue weighted by molar-refractivity contribution is 0.701. The molecular formula is C12H20ClN3. The predicted octanol–water partition coefficient (Wildman–Crippen LogP) is 2.82. The first-order valence-electron chi connectivity index (χ1n) is 5.74. The lowest BCUT2D eigenvalue weighted by Gasteiger charge is -2.18. The summed E-state index contributed by atoms with van der Waals surface area (Å²) in [6.07, 6.45) is 5.35. The van der Waals surface area contributed by atoms with Crippen LogP contribution >= 0.6 is 11.6 Å². The lowest BCUT2D eigenvalue weighted by Crippen LogP contribution is -2.20. The van der Waals surface area contributed by atoms with Crippen LogP contribution in [0.15, 0.2) is 12.3 Å². The number of nitrogens with zero attached hydrogens (tertiary/aromatic N) is 2. The third-order valence-corrected chi connectivity index (χ3v) is 2.97. The van der Waals surface area contributed by atoms with Crippen LogP contribution in [0.1, 0.15) is 31.7 Å². The van der Waals surface area contributed by atoms with Crippen molar-refractivity contribution in [3.63, 3.8) is 0 Å². The topological polar surface area (TPSA) is 42.1 Å². The van der Waals surface area contributed by atoms with E-state index in [2.05, 4.69) is 16.8 Å². The van der Waals surface area contributed by atoms with Crippen molar-refractivity contribution in [3.8, 4) is 0 Å². The Bertz CT molecular complexity index is 328. The van der Waals surface area contributed by atoms with E-state index < -0.39 is 0 Å². The van der Waals surface area contributed by atoms with Crippen LogP contribution in [0.3, 0.4) is 0 Å². The van der Waals surface area contributed by atoms with Gasteiger partial charge in [-0.05, 0) is 18.1 Å². The normalized spacial score (nSPS) is 10.5. The maximum Gasteiger partial charge on any atom is 0.128 e. The molecule has 0 atom stereocenters. The third kappa shape index (κ3) is 3.65. The van der Waals surface area contributed by atoms with Crippen molar-refractivity contribution < 1.29 is 0 Å². The number of pyridine rings is 1. The van der Waals surface area contributed by atoms with Gasteiger partial charge in [0.1, 0.15) is 5.82 Å². The van der Waals surface area contributed by atoms with Crippen LogP contribution in [0, 0.1) is 0 Å². The minimum absolute atomic E-state index is 0.456. The Hall–Kier alpha value is -0.800. The summed E-state index contributed by atoms with van der Waals surface area (Å²) in [5, 5.41) is 0.646. The van der Waals surface area contributed by atoms with Crippen molar-refractivity contribution in [1.82, 2.24) is 4.98 Å². The highest BCUT2D eigenvalue weighted by molar-refractivity contribution is 6.31. The van der Waals surface area contributed by atoms with Gasteiger partial charge in [0.15, 0.2) is 0 Å². The molecule has 16 heavy (non-hydrogen) atoms. The second kappa shape index (κ2) is 6.71. The summed E-state index contributed by atoms with van der Waals surface area (Å²) in [6.45, 7) is 3.68. The molecule has 0 amide bonds. The fraction of sp³-hybridized carbons (Fsp3) is 0.583. The number of hydrogen-bond donors (Lipinski definition) is 1. The van der Waals surface area contributed by atoms with Crippen LogP contribution in [0.4, 0.5) is 5.82 Å². The summed E-state index contributed by atoms with van der Waals surface area (Å²) >= 11 is 5.97. The zero-order chi connectivity index (χ0) is 12.0. The summed E-state index contributed by atoms with van der Waals surface area (Å²) in [7, 11) is 2.05. The molecule has 0 spiro atoms. The Morgan fingerprint density at radius 1 is 1.44 bits per heavy atom. The maximum absolute atomic E-state index is 5.97. The van der Waals surface area contributed by atoms with E-state index >= 15 is 0 Å². The second-order valence-electron chi connectivity index (χ2n) is 3.97. The van der Waals surface area contributed by atoms with Crippen molar-refractivity contribution in [2.75, 3.05) is 18.5 Å². The Balaban J connectivity index is 2.64. The Kier molecular flexibility index (Phi) is 5.56. The average Bonchev–Trinajstić information content (AvgIpc) is 2.30. The molecule has 0 bridgehead atoms. The first-order chi connectivity index (χ1) is 7.69. The minimum Gasteiger partial charge on any atom is -0.360 e. The van der Waals surface area contributed by atoms with Crippen molar-refractivity contribution in [3.05, 3.63) is 22.8 Å². The van der Waals surface area contributed by atoms with Crippen LogP contribution in [-0.2, 0) is 6.54 Å². The summed E-state index contributed by atoms with van der Waals surface area (Å²) in [5.41, 5.74) is 6.56. The molecule has 0 saturated heterocycles. The van der Waals surface area contributed by atoms with Gasteiger partial charge in [0.2, 0.25) is 0 Å². The van der Waals surface area contributed by atoms with Gasteiger partial charge < -0.3 is 10.6 Å². The van der Waals surface area contributed by atoms with E-state index in [1.165, 1.54) is 19.3 Å². The molecule has 0 aromatic carbocycles. The number of anilines is 1. The van der Waals surface area contributed by atoms with E-state index in [1.54, 1.807) is 6.20 Å². The molecule has 90 valence electrons. The molecule has 0 radical (unpaired) electrons. The zero-order valence-corrected chi connectivity index (χ0v) is 10.8. The van der Waals surface area contributed by atoms with E-state index in [4.69, 9.17) is 17.3 Å². The number of nitrogens with two attached hydrogens (primary N) is 1. The highest BCUT2D eigenvalue weighted by Gasteiger charge is 2.05. The van der Waals surface area contributed by atoms with Gasteiger partial charge in [0.05, 0.1) is 5.02 Å². The highest BCUT2D eigenvalue weighted by atomic mass is 35.5. The van der Waals surface area contributed by atoms with E-state index in [1.807, 2.05) is 13.1 Å². The molecule has 0 aliphatic heterocycles. The molecule has 1 rings (SSSR count). The third-order valence-electron chi connectivity index (χ3n) is 2.63. The number of rotatable bonds is 6. The van der Waals surface area contributed by atoms with Crippen molar-refractivity contribution in [1.29, 1.82) is 0 Å². The first kappa shape index (κ1) is 13.3. The van der Waals surface area contributed by atoms with E-state index in [-0.39, 0.29) is 0 Å². The minimum atomic E-state index is 0.456. The van der Waals surface area contributed by atoms with Crippen LogP contribution in [0.2, 0.25) is 5.02 Å². The molecule has 0 fully saturated rings. The molecule has 4 heteroatoms. The van der Waals surface area contributed by atoms with E-state index in [9.17, 15) is 0 Å². The molecule has 0 aliphatic carbocycles. The molecule has 0 saturated carbocycles. The lowest BCUT2D eigenvalue weighted by atomic mass is 10.2. The van der Waals surface area contributed by atoms with Gasteiger partial charge >= 0.3 is 0 Å². The van der Waals surface area contributed by atoms with Gasteiger partial charge in [0, 0.05) is 26.3 Å². The van der Waals surface area contributed by atoms with Crippen LogP contribution in [-0.4, -0.2) is 18.6 Å². The maximum atomic E-state index is 5.97. The fourth-order valence-electron chi connectivity index (χ4n) is 1.55. The molecule has 2 N–H and O–H groups in total. The molecule has 3 nitrogen and oxygen atoms in total. The van der Waals surface area contributed by atoms with Crippen LogP contribution in [0.25, 0.3) is 0 Å². The van der Waals surface area contributed by atoms with Gasteiger partial charge in [-0.15, -0.1) is 0 Å². The summed E-state index contributed by atoms with van der Waals surface area (Å²) in [4.78, 5) is 6.45. The molecule has 0 aliphatic rings. The SMILES string of the molecule is CCCCCN(C)c1cc(CN)c(Cl)cn1. The molecule has 0 unspecified atom stereocenters. The quantitative estimate of drug-likeness (QED) is 0.779. The number of halogens is 1. The first-order valence-corrected chi connectivity index (χ1v) is 6.12. The Morgan fingerprint density at radius 3 is 2.81 bits per heavy atom. The molecule has 1 aromatic rings. The highest BCUT2D eigenvalue weighted by Crippen LogP contribution is 2.19. The fourth-order valence-corrected chi connectivity index (χ4v) is 1.73. The zero-order valence-electron chi connectivity index (χ0n) is 10.0. The van der Waals surface area contributed by atoms with Gasteiger partial charge in [-0.1, -0.05) is 31.4 Å². The van der Waals surface area contributed by atoms with E-state index in [0.717, 1.165) is 17.9 Å². The largest absolute Gasteiger partial charge is 0.360 e. The smallest absolute Gasteiger partial charge is 0.128 e. The summed E-state index contributed by atoms with van der Waals surface area (Å²) < 4.78 is 0. The number of hydrogen-bond acceptors (Lipinski definition) is 3. The Labute approximate surface area is 103 Å². The summed E-state index contributed by atoms with van der Waals surface area (Å²) in [5.74, 6) is 0.945. The Morgan fingerprint density at radius 2 is 2.19 bits per heavy atom. The summed E-state index contributed by atoms with van der Waals surface area (Å²) in [6, 6.07) is 1.97. The average molecular weight is 242 g/mol. The number of aromatic nitrogens is 1. The van der Waals surface area contributed by atoms with Gasteiger partial charge in [-0.2, -0.15) is 0 Å².